The smallest absolute Gasteiger partial charge is 0.305 e. The van der Waals surface area contributed by atoms with E-state index in [1.165, 1.54) is 0 Å². The summed E-state index contributed by atoms with van der Waals surface area (Å²) in [6.07, 6.45) is 7.49. The van der Waals surface area contributed by atoms with Gasteiger partial charge in [-0.1, -0.05) is 78.9 Å². The number of imidazole rings is 1. The van der Waals surface area contributed by atoms with Crippen molar-refractivity contribution in [3.63, 3.8) is 0 Å². The van der Waals surface area contributed by atoms with Gasteiger partial charge >= 0.3 is 5.97 Å². The molecule has 0 aliphatic carbocycles. The Labute approximate surface area is 194 Å². The van der Waals surface area contributed by atoms with Crippen molar-refractivity contribution in [3.8, 4) is 22.5 Å². The zero-order valence-electron chi connectivity index (χ0n) is 17.8. The Bertz CT molecular complexity index is 1000. The van der Waals surface area contributed by atoms with Crippen molar-refractivity contribution in [3.05, 3.63) is 64.9 Å². The average Bonchev–Trinajstić information content (AvgIpc) is 3.17. The highest BCUT2D eigenvalue weighted by Crippen LogP contribution is 2.38. The predicted octanol–water partition coefficient (Wildman–Crippen LogP) is 7.43. The number of ether oxygens (including phenoxy) is 1. The van der Waals surface area contributed by atoms with Crippen LogP contribution in [0.25, 0.3) is 22.5 Å². The van der Waals surface area contributed by atoms with Crippen LogP contribution in [0, 0.1) is 0 Å². The lowest BCUT2D eigenvalue weighted by atomic mass is 10.0. The minimum absolute atomic E-state index is 0.0996. The average molecular weight is 459 g/mol. The summed E-state index contributed by atoms with van der Waals surface area (Å²) >= 11 is 13.0. The van der Waals surface area contributed by atoms with Crippen LogP contribution < -0.4 is 0 Å². The molecule has 3 aromatic rings. The summed E-state index contributed by atoms with van der Waals surface area (Å²) in [6.45, 7) is 3.13. The van der Waals surface area contributed by atoms with Crippen LogP contribution in [0.3, 0.4) is 0 Å². The van der Waals surface area contributed by atoms with Gasteiger partial charge in [0.1, 0.15) is 0 Å². The highest BCUT2D eigenvalue weighted by atomic mass is 35.5. The minimum atomic E-state index is -0.0996. The first-order valence-corrected chi connectivity index (χ1v) is 11.6. The van der Waals surface area contributed by atoms with Gasteiger partial charge in [-0.25, -0.2) is 4.98 Å². The monoisotopic (exact) mass is 458 g/mol. The number of unbranched alkanes of at least 4 members (excludes halogenated alkanes) is 4. The molecule has 0 bridgehead atoms. The highest BCUT2D eigenvalue weighted by molar-refractivity contribution is 6.34. The topological polar surface area (TPSA) is 44.1 Å². The van der Waals surface area contributed by atoms with Crippen LogP contribution >= 0.6 is 23.2 Å². The standard InChI is InChI=1S/C25H28Cl2N2O2/c1-2-31-23(30)16-6-4-3-5-11-17-29-18-28-24(19-12-7-9-14-21(19)26)25(29)20-13-8-10-15-22(20)27/h7-10,12-15,18H,2-6,11,16-17H2,1H3. The summed E-state index contributed by atoms with van der Waals surface area (Å²) in [5.41, 5.74) is 3.68. The van der Waals surface area contributed by atoms with Gasteiger partial charge in [-0.05, 0) is 31.9 Å². The van der Waals surface area contributed by atoms with Gasteiger partial charge in [0, 0.05) is 29.1 Å². The highest BCUT2D eigenvalue weighted by Gasteiger charge is 2.18. The van der Waals surface area contributed by atoms with Crippen LogP contribution in [0.4, 0.5) is 0 Å². The van der Waals surface area contributed by atoms with Crippen molar-refractivity contribution in [2.24, 2.45) is 0 Å². The van der Waals surface area contributed by atoms with E-state index in [9.17, 15) is 4.79 Å². The molecule has 0 N–H and O–H groups in total. The first-order chi connectivity index (χ1) is 15.1. The number of esters is 1. The van der Waals surface area contributed by atoms with Gasteiger partial charge in [0.2, 0.25) is 0 Å². The minimum Gasteiger partial charge on any atom is -0.466 e. The lowest BCUT2D eigenvalue weighted by Crippen LogP contribution is -2.03. The van der Waals surface area contributed by atoms with E-state index < -0.39 is 0 Å². The Morgan fingerprint density at radius 3 is 2.19 bits per heavy atom. The molecule has 0 aliphatic heterocycles. The third kappa shape index (κ3) is 6.34. The van der Waals surface area contributed by atoms with Gasteiger partial charge in [0.15, 0.2) is 0 Å². The number of hydrogen-bond donors (Lipinski definition) is 0. The fourth-order valence-electron chi connectivity index (χ4n) is 3.65. The molecular weight excluding hydrogens is 431 g/mol. The number of rotatable bonds is 11. The number of halogens is 2. The molecule has 0 radical (unpaired) electrons. The van der Waals surface area contributed by atoms with Crippen molar-refractivity contribution in [2.75, 3.05) is 6.61 Å². The summed E-state index contributed by atoms with van der Waals surface area (Å²) in [7, 11) is 0. The largest absolute Gasteiger partial charge is 0.466 e. The van der Waals surface area contributed by atoms with E-state index >= 15 is 0 Å². The molecule has 6 heteroatoms. The van der Waals surface area contributed by atoms with Crippen molar-refractivity contribution in [1.82, 2.24) is 9.55 Å². The zero-order chi connectivity index (χ0) is 22.1. The van der Waals surface area contributed by atoms with E-state index in [0.29, 0.717) is 23.1 Å². The van der Waals surface area contributed by atoms with Crippen molar-refractivity contribution < 1.29 is 9.53 Å². The van der Waals surface area contributed by atoms with Gasteiger partial charge in [-0.3, -0.25) is 4.79 Å². The summed E-state index contributed by atoms with van der Waals surface area (Å²) < 4.78 is 7.14. The lowest BCUT2D eigenvalue weighted by Gasteiger charge is -2.13. The number of carbonyl (C=O) groups excluding carboxylic acids is 1. The summed E-state index contributed by atoms with van der Waals surface area (Å²) in [5.74, 6) is -0.0996. The van der Waals surface area contributed by atoms with E-state index in [2.05, 4.69) is 4.57 Å². The number of benzene rings is 2. The molecule has 1 heterocycles. The third-order valence-corrected chi connectivity index (χ3v) is 5.84. The Morgan fingerprint density at radius 1 is 0.903 bits per heavy atom. The van der Waals surface area contributed by atoms with Crippen LogP contribution in [0.5, 0.6) is 0 Å². The van der Waals surface area contributed by atoms with Gasteiger partial charge in [-0.15, -0.1) is 0 Å². The molecule has 164 valence electrons. The van der Waals surface area contributed by atoms with Gasteiger partial charge in [0.05, 0.1) is 29.3 Å². The molecule has 3 rings (SSSR count). The van der Waals surface area contributed by atoms with Crippen molar-refractivity contribution >= 4 is 29.2 Å². The van der Waals surface area contributed by atoms with Crippen molar-refractivity contribution in [2.45, 2.75) is 52.0 Å². The Balaban J connectivity index is 1.68. The number of hydrogen-bond acceptors (Lipinski definition) is 3. The van der Waals surface area contributed by atoms with E-state index in [1.807, 2.05) is 61.8 Å². The lowest BCUT2D eigenvalue weighted by molar-refractivity contribution is -0.143. The molecule has 0 unspecified atom stereocenters. The second kappa shape index (κ2) is 11.9. The normalized spacial score (nSPS) is 10.9. The SMILES string of the molecule is CCOC(=O)CCCCCCCn1cnc(-c2ccccc2Cl)c1-c1ccccc1Cl. The maximum absolute atomic E-state index is 11.4. The molecular formula is C25H28Cl2N2O2. The first kappa shape index (κ1) is 23.4. The molecule has 0 spiro atoms. The molecule has 0 saturated heterocycles. The molecule has 0 atom stereocenters. The molecule has 4 nitrogen and oxygen atoms in total. The first-order valence-electron chi connectivity index (χ1n) is 10.8. The van der Waals surface area contributed by atoms with Crippen LogP contribution in [0.1, 0.15) is 45.4 Å². The van der Waals surface area contributed by atoms with E-state index in [0.717, 1.165) is 61.2 Å². The number of aryl methyl sites for hydroxylation is 1. The van der Waals surface area contributed by atoms with E-state index in [4.69, 9.17) is 32.9 Å². The Hall–Kier alpha value is -2.30. The second-order valence-electron chi connectivity index (χ2n) is 7.42. The molecule has 2 aromatic carbocycles. The second-order valence-corrected chi connectivity index (χ2v) is 8.23. The quantitative estimate of drug-likeness (QED) is 0.221. The Kier molecular flexibility index (Phi) is 8.98. The molecule has 1 aromatic heterocycles. The van der Waals surface area contributed by atoms with Gasteiger partial charge in [-0.2, -0.15) is 0 Å². The van der Waals surface area contributed by atoms with Gasteiger partial charge < -0.3 is 9.30 Å². The van der Waals surface area contributed by atoms with Crippen LogP contribution in [-0.2, 0) is 16.1 Å². The maximum Gasteiger partial charge on any atom is 0.305 e. The Morgan fingerprint density at radius 2 is 1.52 bits per heavy atom. The fraction of sp³-hybridized carbons (Fsp3) is 0.360. The number of aromatic nitrogens is 2. The molecule has 0 amide bonds. The molecule has 0 saturated carbocycles. The van der Waals surface area contributed by atoms with Crippen molar-refractivity contribution in [1.29, 1.82) is 0 Å². The molecule has 0 fully saturated rings. The number of carbonyl (C=O) groups is 1. The van der Waals surface area contributed by atoms with Crippen LogP contribution in [-0.4, -0.2) is 22.1 Å². The van der Waals surface area contributed by atoms with E-state index in [1.54, 1.807) is 0 Å². The zero-order valence-corrected chi connectivity index (χ0v) is 19.3. The summed E-state index contributed by atoms with van der Waals surface area (Å²) in [4.78, 5) is 16.1. The third-order valence-electron chi connectivity index (χ3n) is 5.18. The number of nitrogens with zero attached hydrogens (tertiary/aromatic N) is 2. The molecule has 0 aliphatic rings. The summed E-state index contributed by atoms with van der Waals surface area (Å²) in [5, 5.41) is 1.36. The predicted molar refractivity (Wildman–Crippen MR) is 127 cm³/mol. The summed E-state index contributed by atoms with van der Waals surface area (Å²) in [6, 6.07) is 15.6. The molecule has 31 heavy (non-hydrogen) atoms. The van der Waals surface area contributed by atoms with Crippen LogP contribution in [0.2, 0.25) is 10.0 Å². The van der Waals surface area contributed by atoms with Gasteiger partial charge in [0.25, 0.3) is 0 Å². The van der Waals surface area contributed by atoms with Crippen LogP contribution in [0.15, 0.2) is 54.9 Å². The fourth-order valence-corrected chi connectivity index (χ4v) is 4.10. The van der Waals surface area contributed by atoms with E-state index in [-0.39, 0.29) is 5.97 Å². The maximum atomic E-state index is 11.4.